The molecule has 0 saturated heterocycles. The zero-order chi connectivity index (χ0) is 19.7. The molecule has 0 spiro atoms. The molecular weight excluding hydrogens is 352 g/mol. The molecule has 0 fully saturated rings. The number of hydrogen-bond acceptors (Lipinski definition) is 3. The summed E-state index contributed by atoms with van der Waals surface area (Å²) in [5, 5.41) is 0. The van der Waals surface area contributed by atoms with Crippen LogP contribution in [-0.2, 0) is 17.6 Å². The summed E-state index contributed by atoms with van der Waals surface area (Å²) in [7, 11) is 0. The van der Waals surface area contributed by atoms with Crippen LogP contribution in [0.25, 0.3) is 0 Å². The molecule has 1 heterocycles. The lowest BCUT2D eigenvalue weighted by Crippen LogP contribution is -2.49. The second-order valence-electron chi connectivity index (χ2n) is 7.49. The van der Waals surface area contributed by atoms with E-state index in [-0.39, 0.29) is 30.3 Å². The minimum absolute atomic E-state index is 0.109. The summed E-state index contributed by atoms with van der Waals surface area (Å²) in [5.41, 5.74) is 3.40. The monoisotopic (exact) mass is 376 g/mol. The number of imide groups is 1. The summed E-state index contributed by atoms with van der Waals surface area (Å²) in [6.45, 7) is 2.48. The topological polar surface area (TPSA) is 57.7 Å². The van der Waals surface area contributed by atoms with Crippen molar-refractivity contribution in [2.75, 3.05) is 13.1 Å². The number of carbonyl (C=O) groups is 3. The molecule has 0 saturated carbocycles. The van der Waals surface area contributed by atoms with Gasteiger partial charge in [-0.1, -0.05) is 43.3 Å². The Morgan fingerprint density at radius 1 is 1.00 bits per heavy atom. The van der Waals surface area contributed by atoms with Gasteiger partial charge in [0, 0.05) is 12.6 Å². The van der Waals surface area contributed by atoms with Crippen LogP contribution in [-0.4, -0.2) is 46.7 Å². The van der Waals surface area contributed by atoms with E-state index in [2.05, 4.69) is 18.2 Å². The highest BCUT2D eigenvalue weighted by molar-refractivity contribution is 6.22. The number of amides is 3. The highest BCUT2D eigenvalue weighted by atomic mass is 16.2. The molecule has 1 aliphatic heterocycles. The van der Waals surface area contributed by atoms with Crippen LogP contribution in [0.15, 0.2) is 48.5 Å². The Bertz CT molecular complexity index is 902. The maximum atomic E-state index is 13.1. The second-order valence-corrected chi connectivity index (χ2v) is 7.49. The van der Waals surface area contributed by atoms with Crippen molar-refractivity contribution < 1.29 is 14.4 Å². The standard InChI is InChI=1S/C23H24N2O3/c1-2-13-24(18-12-11-16-7-3-4-8-17(16)14-18)21(26)15-25-22(27)19-9-5-6-10-20(19)23(25)28/h3-10,18H,2,11-15H2,1H3. The van der Waals surface area contributed by atoms with E-state index in [1.807, 2.05) is 17.9 Å². The van der Waals surface area contributed by atoms with Gasteiger partial charge >= 0.3 is 0 Å². The molecule has 2 aromatic carbocycles. The molecule has 1 aliphatic carbocycles. The summed E-state index contributed by atoms with van der Waals surface area (Å²) < 4.78 is 0. The first-order valence-corrected chi connectivity index (χ1v) is 9.91. The summed E-state index contributed by atoms with van der Waals surface area (Å²) in [5.74, 6) is -0.903. The van der Waals surface area contributed by atoms with Crippen molar-refractivity contribution in [3.8, 4) is 0 Å². The molecule has 2 aromatic rings. The van der Waals surface area contributed by atoms with E-state index < -0.39 is 0 Å². The minimum Gasteiger partial charge on any atom is -0.338 e. The smallest absolute Gasteiger partial charge is 0.262 e. The summed E-state index contributed by atoms with van der Waals surface area (Å²) in [6, 6.07) is 15.2. The SMILES string of the molecule is CCCN(C(=O)CN1C(=O)c2ccccc2C1=O)C1CCc2ccccc2C1. The predicted molar refractivity (Wildman–Crippen MR) is 106 cm³/mol. The van der Waals surface area contributed by atoms with Crippen LogP contribution in [0.4, 0.5) is 0 Å². The van der Waals surface area contributed by atoms with Crippen LogP contribution >= 0.6 is 0 Å². The first-order valence-electron chi connectivity index (χ1n) is 9.91. The summed E-state index contributed by atoms with van der Waals surface area (Å²) in [6.07, 6.45) is 3.52. The first kappa shape index (κ1) is 18.4. The van der Waals surface area contributed by atoms with Gasteiger partial charge in [-0.25, -0.2) is 0 Å². The van der Waals surface area contributed by atoms with E-state index in [0.29, 0.717) is 17.7 Å². The van der Waals surface area contributed by atoms with Gasteiger partial charge in [0.25, 0.3) is 11.8 Å². The maximum Gasteiger partial charge on any atom is 0.262 e. The van der Waals surface area contributed by atoms with Crippen LogP contribution in [0.2, 0.25) is 0 Å². The normalized spacial score (nSPS) is 18.0. The van der Waals surface area contributed by atoms with Gasteiger partial charge in [0.1, 0.15) is 6.54 Å². The summed E-state index contributed by atoms with van der Waals surface area (Å²) in [4.78, 5) is 41.3. The largest absolute Gasteiger partial charge is 0.338 e. The Kier molecular flexibility index (Phi) is 4.99. The van der Waals surface area contributed by atoms with Gasteiger partial charge in [0.15, 0.2) is 0 Å². The van der Waals surface area contributed by atoms with Crippen molar-refractivity contribution in [2.45, 2.75) is 38.6 Å². The molecule has 3 amide bonds. The number of aryl methyl sites for hydroxylation is 1. The zero-order valence-electron chi connectivity index (χ0n) is 16.1. The van der Waals surface area contributed by atoms with Gasteiger partial charge < -0.3 is 4.90 Å². The third kappa shape index (κ3) is 3.21. The minimum atomic E-state index is -0.376. The van der Waals surface area contributed by atoms with Gasteiger partial charge in [0.2, 0.25) is 5.91 Å². The Hall–Kier alpha value is -2.95. The lowest BCUT2D eigenvalue weighted by molar-refractivity contribution is -0.134. The predicted octanol–water partition coefficient (Wildman–Crippen LogP) is 3.08. The average Bonchev–Trinajstić information content (AvgIpc) is 2.96. The van der Waals surface area contributed by atoms with Crippen molar-refractivity contribution in [1.29, 1.82) is 0 Å². The lowest BCUT2D eigenvalue weighted by atomic mass is 9.87. The van der Waals surface area contributed by atoms with Crippen molar-refractivity contribution in [3.05, 3.63) is 70.8 Å². The molecule has 4 rings (SSSR count). The third-order valence-corrected chi connectivity index (χ3v) is 5.72. The van der Waals surface area contributed by atoms with E-state index in [1.165, 1.54) is 11.1 Å². The molecular formula is C23H24N2O3. The molecule has 0 N–H and O–H groups in total. The molecule has 0 aromatic heterocycles. The average molecular weight is 376 g/mol. The number of hydrogen-bond donors (Lipinski definition) is 0. The number of benzene rings is 2. The van der Waals surface area contributed by atoms with Crippen molar-refractivity contribution in [2.24, 2.45) is 0 Å². The molecule has 1 atom stereocenters. The number of nitrogens with zero attached hydrogens (tertiary/aromatic N) is 2. The maximum absolute atomic E-state index is 13.1. The van der Waals surface area contributed by atoms with E-state index >= 15 is 0 Å². The van der Waals surface area contributed by atoms with E-state index in [0.717, 1.165) is 30.6 Å². The fraction of sp³-hybridized carbons (Fsp3) is 0.348. The Balaban J connectivity index is 1.51. The van der Waals surface area contributed by atoms with Gasteiger partial charge in [-0.15, -0.1) is 0 Å². The molecule has 1 unspecified atom stereocenters. The highest BCUT2D eigenvalue weighted by Crippen LogP contribution is 2.26. The second kappa shape index (κ2) is 7.58. The molecule has 0 radical (unpaired) electrons. The van der Waals surface area contributed by atoms with Gasteiger partial charge in [-0.05, 0) is 48.9 Å². The van der Waals surface area contributed by atoms with E-state index in [9.17, 15) is 14.4 Å². The molecule has 0 bridgehead atoms. The number of fused-ring (bicyclic) bond motifs is 2. The third-order valence-electron chi connectivity index (χ3n) is 5.72. The van der Waals surface area contributed by atoms with Crippen LogP contribution in [0.3, 0.4) is 0 Å². The first-order chi connectivity index (χ1) is 13.6. The molecule has 28 heavy (non-hydrogen) atoms. The van der Waals surface area contributed by atoms with E-state index in [1.54, 1.807) is 24.3 Å². The van der Waals surface area contributed by atoms with E-state index in [4.69, 9.17) is 0 Å². The molecule has 2 aliphatic rings. The van der Waals surface area contributed by atoms with Crippen LogP contribution in [0.1, 0.15) is 51.6 Å². The fourth-order valence-electron chi connectivity index (χ4n) is 4.31. The lowest BCUT2D eigenvalue weighted by Gasteiger charge is -2.36. The number of carbonyl (C=O) groups excluding carboxylic acids is 3. The van der Waals surface area contributed by atoms with Crippen molar-refractivity contribution in [3.63, 3.8) is 0 Å². The van der Waals surface area contributed by atoms with Crippen molar-refractivity contribution >= 4 is 17.7 Å². The molecule has 5 nitrogen and oxygen atoms in total. The quantitative estimate of drug-likeness (QED) is 0.754. The van der Waals surface area contributed by atoms with Crippen LogP contribution < -0.4 is 0 Å². The Morgan fingerprint density at radius 3 is 2.25 bits per heavy atom. The van der Waals surface area contributed by atoms with Crippen LogP contribution in [0, 0.1) is 0 Å². The Morgan fingerprint density at radius 2 is 1.61 bits per heavy atom. The fourth-order valence-corrected chi connectivity index (χ4v) is 4.31. The highest BCUT2D eigenvalue weighted by Gasteiger charge is 2.38. The van der Waals surface area contributed by atoms with Crippen molar-refractivity contribution in [1.82, 2.24) is 9.80 Å². The molecule has 5 heteroatoms. The van der Waals surface area contributed by atoms with Crippen LogP contribution in [0.5, 0.6) is 0 Å². The summed E-state index contributed by atoms with van der Waals surface area (Å²) >= 11 is 0. The van der Waals surface area contributed by atoms with Gasteiger partial charge in [-0.2, -0.15) is 0 Å². The van der Waals surface area contributed by atoms with Gasteiger partial charge in [0.05, 0.1) is 11.1 Å². The Labute approximate surface area is 164 Å². The zero-order valence-corrected chi connectivity index (χ0v) is 16.1. The van der Waals surface area contributed by atoms with Gasteiger partial charge in [-0.3, -0.25) is 19.3 Å². The number of rotatable bonds is 5. The molecule has 144 valence electrons.